The molecule has 0 aliphatic carbocycles. The monoisotopic (exact) mass is 807 g/mol. The van der Waals surface area contributed by atoms with E-state index in [9.17, 15) is 14.4 Å². The van der Waals surface area contributed by atoms with Gasteiger partial charge in [0.1, 0.15) is 13.2 Å². The summed E-state index contributed by atoms with van der Waals surface area (Å²) in [4.78, 5) is 37.8. The van der Waals surface area contributed by atoms with E-state index < -0.39 is 6.10 Å². The van der Waals surface area contributed by atoms with Gasteiger partial charge < -0.3 is 14.2 Å². The molecule has 0 spiro atoms. The molecule has 0 aromatic rings. The van der Waals surface area contributed by atoms with Crippen molar-refractivity contribution in [2.75, 3.05) is 13.2 Å². The molecule has 0 fully saturated rings. The SMILES string of the molecule is CC/C=C\C/C=C\CCCCCCCC(=O)OC(COC(=O)CCC/C=C\C/C=C\C/C=C\C/C=C\CCCCC)COC(=O)CCCCCCC/C=C\CCCC. The Morgan fingerprint density at radius 1 is 0.362 bits per heavy atom. The van der Waals surface area contributed by atoms with Crippen LogP contribution in [-0.2, 0) is 28.6 Å². The predicted molar refractivity (Wildman–Crippen MR) is 247 cm³/mol. The van der Waals surface area contributed by atoms with Crippen molar-refractivity contribution >= 4 is 17.9 Å². The van der Waals surface area contributed by atoms with Gasteiger partial charge >= 0.3 is 17.9 Å². The Morgan fingerprint density at radius 3 is 1.19 bits per heavy atom. The summed E-state index contributed by atoms with van der Waals surface area (Å²) in [7, 11) is 0. The van der Waals surface area contributed by atoms with Gasteiger partial charge in [0.05, 0.1) is 0 Å². The van der Waals surface area contributed by atoms with E-state index in [1.165, 1.54) is 51.4 Å². The lowest BCUT2D eigenvalue weighted by atomic mass is 10.1. The molecule has 0 aliphatic heterocycles. The lowest BCUT2D eigenvalue weighted by Gasteiger charge is -2.18. The minimum atomic E-state index is -0.807. The lowest BCUT2D eigenvalue weighted by molar-refractivity contribution is -0.167. The minimum Gasteiger partial charge on any atom is -0.462 e. The first kappa shape index (κ1) is 54.6. The molecule has 0 saturated carbocycles. The van der Waals surface area contributed by atoms with Crippen LogP contribution in [-0.4, -0.2) is 37.2 Å². The molecule has 0 radical (unpaired) electrons. The highest BCUT2D eigenvalue weighted by Crippen LogP contribution is 2.12. The summed E-state index contributed by atoms with van der Waals surface area (Å²) in [5.41, 5.74) is 0. The normalized spacial score (nSPS) is 12.8. The van der Waals surface area contributed by atoms with E-state index in [1.807, 2.05) is 0 Å². The molecular formula is C52H86O6. The molecule has 0 aromatic heterocycles. The molecule has 0 heterocycles. The second-order valence-electron chi connectivity index (χ2n) is 15.3. The van der Waals surface area contributed by atoms with Crippen LogP contribution in [0.3, 0.4) is 0 Å². The zero-order chi connectivity index (χ0) is 42.3. The minimum absolute atomic E-state index is 0.105. The maximum Gasteiger partial charge on any atom is 0.306 e. The lowest BCUT2D eigenvalue weighted by Crippen LogP contribution is -2.30. The van der Waals surface area contributed by atoms with E-state index >= 15 is 0 Å². The first-order chi connectivity index (χ1) is 28.5. The summed E-state index contributed by atoms with van der Waals surface area (Å²) in [5, 5.41) is 0. The number of carbonyl (C=O) groups excluding carboxylic acids is 3. The van der Waals surface area contributed by atoms with Crippen molar-refractivity contribution in [2.24, 2.45) is 0 Å². The molecule has 0 bridgehead atoms. The van der Waals surface area contributed by atoms with Crippen LogP contribution in [0.25, 0.3) is 0 Å². The van der Waals surface area contributed by atoms with Gasteiger partial charge in [-0.1, -0.05) is 170 Å². The van der Waals surface area contributed by atoms with Crippen molar-refractivity contribution in [3.8, 4) is 0 Å². The summed E-state index contributed by atoms with van der Waals surface area (Å²) >= 11 is 0. The Balaban J connectivity index is 4.49. The van der Waals surface area contributed by atoms with E-state index in [0.717, 1.165) is 109 Å². The molecule has 0 amide bonds. The van der Waals surface area contributed by atoms with E-state index in [4.69, 9.17) is 14.2 Å². The van der Waals surface area contributed by atoms with E-state index in [0.29, 0.717) is 19.3 Å². The fourth-order valence-corrected chi connectivity index (χ4v) is 6.04. The van der Waals surface area contributed by atoms with Gasteiger partial charge in [-0.25, -0.2) is 0 Å². The largest absolute Gasteiger partial charge is 0.462 e. The third-order valence-corrected chi connectivity index (χ3v) is 9.60. The topological polar surface area (TPSA) is 78.9 Å². The highest BCUT2D eigenvalue weighted by atomic mass is 16.6. The van der Waals surface area contributed by atoms with Gasteiger partial charge in [0.25, 0.3) is 0 Å². The first-order valence-corrected chi connectivity index (χ1v) is 23.6. The van der Waals surface area contributed by atoms with Crippen LogP contribution in [0.15, 0.2) is 85.1 Å². The number of carbonyl (C=O) groups is 3. The van der Waals surface area contributed by atoms with Crippen molar-refractivity contribution in [1.29, 1.82) is 0 Å². The molecule has 0 N–H and O–H groups in total. The summed E-state index contributed by atoms with van der Waals surface area (Å²) in [5.74, 6) is -0.995. The summed E-state index contributed by atoms with van der Waals surface area (Å²) in [6, 6.07) is 0. The maximum atomic E-state index is 12.7. The summed E-state index contributed by atoms with van der Waals surface area (Å²) in [6.07, 6.45) is 58.6. The fourth-order valence-electron chi connectivity index (χ4n) is 6.04. The molecule has 0 aromatic carbocycles. The highest BCUT2D eigenvalue weighted by Gasteiger charge is 2.19. The van der Waals surface area contributed by atoms with Crippen LogP contribution in [0.2, 0.25) is 0 Å². The Labute approximate surface area is 356 Å². The number of esters is 3. The molecule has 6 nitrogen and oxygen atoms in total. The summed E-state index contributed by atoms with van der Waals surface area (Å²) in [6.45, 7) is 6.37. The third-order valence-electron chi connectivity index (χ3n) is 9.60. The number of rotatable bonds is 41. The van der Waals surface area contributed by atoms with Gasteiger partial charge in [-0.2, -0.15) is 0 Å². The van der Waals surface area contributed by atoms with Gasteiger partial charge in [-0.05, 0) is 103 Å². The van der Waals surface area contributed by atoms with Crippen LogP contribution < -0.4 is 0 Å². The van der Waals surface area contributed by atoms with Crippen molar-refractivity contribution in [1.82, 2.24) is 0 Å². The predicted octanol–water partition coefficient (Wildman–Crippen LogP) is 15.3. The van der Waals surface area contributed by atoms with Crippen molar-refractivity contribution in [3.05, 3.63) is 85.1 Å². The average Bonchev–Trinajstić information content (AvgIpc) is 3.22. The standard InChI is InChI=1S/C52H86O6/c1-4-7-10-13-16-19-22-24-25-26-27-28-31-33-36-39-42-45-51(54)57-48-49(47-56-50(53)44-41-38-35-32-29-21-18-15-12-9-6-3)58-52(55)46-43-40-37-34-30-23-20-17-14-11-8-5-2/h8,11,15-20,24-25,27-28,33,36,49H,4-7,9-10,12-14,21-23,26,29-32,34-35,37-48H2,1-3H3/b11-8-,18-15-,19-16-,20-17-,25-24-,28-27-,36-33-. The van der Waals surface area contributed by atoms with Crippen molar-refractivity contribution in [2.45, 2.75) is 213 Å². The molecule has 6 heteroatoms. The van der Waals surface area contributed by atoms with Crippen LogP contribution in [0.5, 0.6) is 0 Å². The van der Waals surface area contributed by atoms with Crippen LogP contribution in [0, 0.1) is 0 Å². The molecule has 0 rings (SSSR count). The van der Waals surface area contributed by atoms with E-state index in [-0.39, 0.29) is 37.5 Å². The number of hydrogen-bond acceptors (Lipinski definition) is 6. The van der Waals surface area contributed by atoms with Gasteiger partial charge in [0, 0.05) is 19.3 Å². The zero-order valence-corrected chi connectivity index (χ0v) is 37.5. The van der Waals surface area contributed by atoms with Gasteiger partial charge in [-0.3, -0.25) is 14.4 Å². The molecule has 1 unspecified atom stereocenters. The number of ether oxygens (including phenoxy) is 3. The number of allylic oxidation sites excluding steroid dienone is 14. The summed E-state index contributed by atoms with van der Waals surface area (Å²) < 4.78 is 16.6. The fraction of sp³-hybridized carbons (Fsp3) is 0.673. The molecule has 0 saturated heterocycles. The quantitative estimate of drug-likeness (QED) is 0.0265. The van der Waals surface area contributed by atoms with Crippen LogP contribution in [0.4, 0.5) is 0 Å². The molecule has 1 atom stereocenters. The second-order valence-corrected chi connectivity index (χ2v) is 15.3. The first-order valence-electron chi connectivity index (χ1n) is 23.6. The Morgan fingerprint density at radius 2 is 0.707 bits per heavy atom. The van der Waals surface area contributed by atoms with Crippen molar-refractivity contribution in [3.63, 3.8) is 0 Å². The zero-order valence-electron chi connectivity index (χ0n) is 37.5. The molecule has 0 aliphatic rings. The van der Waals surface area contributed by atoms with Crippen LogP contribution >= 0.6 is 0 Å². The maximum absolute atomic E-state index is 12.7. The van der Waals surface area contributed by atoms with Crippen molar-refractivity contribution < 1.29 is 28.6 Å². The number of hydrogen-bond donors (Lipinski definition) is 0. The third kappa shape index (κ3) is 43.7. The van der Waals surface area contributed by atoms with E-state index in [2.05, 4.69) is 106 Å². The Bertz CT molecular complexity index is 1160. The highest BCUT2D eigenvalue weighted by molar-refractivity contribution is 5.71. The van der Waals surface area contributed by atoms with Gasteiger partial charge in [-0.15, -0.1) is 0 Å². The van der Waals surface area contributed by atoms with E-state index in [1.54, 1.807) is 0 Å². The smallest absolute Gasteiger partial charge is 0.306 e. The van der Waals surface area contributed by atoms with Gasteiger partial charge in [0.15, 0.2) is 6.10 Å². The van der Waals surface area contributed by atoms with Crippen LogP contribution in [0.1, 0.15) is 207 Å². The number of unbranched alkanes of at least 4 members (excludes halogenated alkanes) is 16. The second kappa shape index (κ2) is 46.3. The Kier molecular flexibility index (Phi) is 43.6. The molecular weight excluding hydrogens is 721 g/mol. The average molecular weight is 807 g/mol. The molecule has 58 heavy (non-hydrogen) atoms. The van der Waals surface area contributed by atoms with Gasteiger partial charge in [0.2, 0.25) is 0 Å². The Hall–Kier alpha value is -3.41. The molecule has 330 valence electrons.